The molecule has 1 N–H and O–H groups in total. The van der Waals surface area contributed by atoms with Gasteiger partial charge >= 0.3 is 6.09 Å². The highest BCUT2D eigenvalue weighted by Crippen LogP contribution is 2.39. The number of thiophene rings is 1. The smallest absolute Gasteiger partial charge is 0.407 e. The number of pyridine rings is 1. The van der Waals surface area contributed by atoms with E-state index >= 15 is 0 Å². The predicted molar refractivity (Wildman–Crippen MR) is 103 cm³/mol. The Hall–Kier alpha value is -3.22. The zero-order chi connectivity index (χ0) is 20.1. The quantitative estimate of drug-likeness (QED) is 0.687. The zero-order valence-electron chi connectivity index (χ0n) is 14.7. The van der Waals surface area contributed by atoms with Crippen LogP contribution >= 0.6 is 11.3 Å². The van der Waals surface area contributed by atoms with Crippen molar-refractivity contribution in [3.63, 3.8) is 0 Å². The van der Waals surface area contributed by atoms with Crippen LogP contribution in [0.2, 0.25) is 0 Å². The maximum Gasteiger partial charge on any atom is 0.407 e. The number of aromatic nitrogens is 1. The summed E-state index contributed by atoms with van der Waals surface area (Å²) >= 11 is 0.998. The van der Waals surface area contributed by atoms with Crippen molar-refractivity contribution in [1.29, 1.82) is 5.26 Å². The molecule has 0 radical (unpaired) electrons. The molecular formula is C19H15N3O4S2. The van der Waals surface area contributed by atoms with Crippen molar-refractivity contribution >= 4 is 27.3 Å². The number of nitriles is 1. The lowest BCUT2D eigenvalue weighted by molar-refractivity contribution is 0.143. The maximum absolute atomic E-state index is 13.2. The van der Waals surface area contributed by atoms with Crippen LogP contribution in [-0.2, 0) is 21.2 Å². The van der Waals surface area contributed by atoms with Gasteiger partial charge in [-0.15, -0.1) is 11.3 Å². The molecule has 1 aromatic carbocycles. The summed E-state index contributed by atoms with van der Waals surface area (Å²) in [6.45, 7) is -0.0887. The van der Waals surface area contributed by atoms with E-state index < -0.39 is 15.9 Å². The number of amides is 1. The van der Waals surface area contributed by atoms with Crippen molar-refractivity contribution in [3.8, 4) is 17.2 Å². The van der Waals surface area contributed by atoms with Gasteiger partial charge in [-0.05, 0) is 24.3 Å². The van der Waals surface area contributed by atoms with Gasteiger partial charge in [-0.1, -0.05) is 18.2 Å². The molecule has 0 spiro atoms. The van der Waals surface area contributed by atoms with Crippen molar-refractivity contribution < 1.29 is 17.9 Å². The maximum atomic E-state index is 13.2. The molecular weight excluding hydrogens is 398 g/mol. The average molecular weight is 413 g/mol. The first-order chi connectivity index (χ1) is 13.5. The van der Waals surface area contributed by atoms with E-state index in [1.165, 1.54) is 25.5 Å². The summed E-state index contributed by atoms with van der Waals surface area (Å²) in [4.78, 5) is 15.8. The number of hydrogen-bond acceptors (Lipinski definition) is 7. The summed E-state index contributed by atoms with van der Waals surface area (Å²) in [5, 5.41) is 11.8. The highest BCUT2D eigenvalue weighted by molar-refractivity contribution is 7.93. The Morgan fingerprint density at radius 2 is 2.04 bits per heavy atom. The van der Waals surface area contributed by atoms with E-state index in [4.69, 9.17) is 4.74 Å². The Labute approximate surface area is 166 Å². The summed E-state index contributed by atoms with van der Waals surface area (Å²) in [5.41, 5.74) is 1.23. The van der Waals surface area contributed by atoms with Gasteiger partial charge in [0, 0.05) is 35.4 Å². The number of benzene rings is 1. The van der Waals surface area contributed by atoms with Gasteiger partial charge in [-0.2, -0.15) is 5.26 Å². The number of nitrogens with zero attached hydrogens (tertiary/aromatic N) is 2. The molecule has 0 atom stereocenters. The normalized spacial score (nSPS) is 10.9. The van der Waals surface area contributed by atoms with Crippen LogP contribution in [-0.4, -0.2) is 26.5 Å². The zero-order valence-corrected chi connectivity index (χ0v) is 16.4. The lowest BCUT2D eigenvalue weighted by atomic mass is 10.0. The number of carbonyl (C=O) groups is 1. The number of ether oxygens (including phenoxy) is 1. The van der Waals surface area contributed by atoms with Crippen molar-refractivity contribution in [3.05, 3.63) is 65.3 Å². The van der Waals surface area contributed by atoms with E-state index in [0.717, 1.165) is 11.3 Å². The van der Waals surface area contributed by atoms with Crippen LogP contribution in [0.5, 0.6) is 0 Å². The Morgan fingerprint density at radius 3 is 2.71 bits per heavy atom. The molecule has 0 aliphatic carbocycles. The van der Waals surface area contributed by atoms with Gasteiger partial charge < -0.3 is 10.1 Å². The monoisotopic (exact) mass is 413 g/mol. The summed E-state index contributed by atoms with van der Waals surface area (Å²) in [6.07, 6.45) is 2.14. The minimum atomic E-state index is -3.88. The summed E-state index contributed by atoms with van der Waals surface area (Å²) < 4.78 is 31.5. The molecule has 9 heteroatoms. The van der Waals surface area contributed by atoms with Gasteiger partial charge in [0.2, 0.25) is 9.84 Å². The standard InChI is InChI=1S/C19H15N3O4S2/c1-21-19(23)26-12-14-9-17(16-7-3-2-5-13(16)10-20)18(27-14)28(24,25)15-6-4-8-22-11-15/h2-9,11H,12H2,1H3,(H,21,23). The molecule has 7 nitrogen and oxygen atoms in total. The minimum Gasteiger partial charge on any atom is -0.444 e. The highest BCUT2D eigenvalue weighted by Gasteiger charge is 2.27. The molecule has 3 rings (SSSR count). The number of nitrogens with one attached hydrogen (secondary N) is 1. The topological polar surface area (TPSA) is 109 Å². The van der Waals surface area contributed by atoms with Gasteiger partial charge in [-0.3, -0.25) is 4.98 Å². The van der Waals surface area contributed by atoms with Crippen LogP contribution in [0.15, 0.2) is 64.0 Å². The van der Waals surface area contributed by atoms with Crippen molar-refractivity contribution in [1.82, 2.24) is 10.3 Å². The lowest BCUT2D eigenvalue weighted by Gasteiger charge is -2.07. The summed E-state index contributed by atoms with van der Waals surface area (Å²) in [7, 11) is -2.44. The number of alkyl carbamates (subject to hydrolysis) is 1. The number of carbonyl (C=O) groups excluding carboxylic acids is 1. The highest BCUT2D eigenvalue weighted by atomic mass is 32.2. The molecule has 3 aromatic rings. The van der Waals surface area contributed by atoms with Crippen LogP contribution in [0.1, 0.15) is 10.4 Å². The van der Waals surface area contributed by atoms with E-state index in [1.54, 1.807) is 36.4 Å². The summed E-state index contributed by atoms with van der Waals surface area (Å²) in [6, 6.07) is 13.5. The van der Waals surface area contributed by atoms with E-state index in [1.807, 2.05) is 0 Å². The molecule has 2 aromatic heterocycles. The first kappa shape index (κ1) is 19.5. The lowest BCUT2D eigenvalue weighted by Crippen LogP contribution is -2.18. The molecule has 0 aliphatic rings. The van der Waals surface area contributed by atoms with Crippen molar-refractivity contribution in [2.45, 2.75) is 15.7 Å². The van der Waals surface area contributed by atoms with Gasteiger partial charge in [0.05, 0.1) is 16.5 Å². The van der Waals surface area contributed by atoms with Crippen LogP contribution in [0.4, 0.5) is 4.79 Å². The van der Waals surface area contributed by atoms with E-state index in [0.29, 0.717) is 21.6 Å². The Bertz CT molecular complexity index is 1150. The number of rotatable bonds is 5. The first-order valence-electron chi connectivity index (χ1n) is 8.09. The largest absolute Gasteiger partial charge is 0.444 e. The molecule has 0 bridgehead atoms. The molecule has 2 heterocycles. The third-order valence-corrected chi connectivity index (χ3v) is 7.21. The average Bonchev–Trinajstić information content (AvgIpc) is 3.17. The van der Waals surface area contributed by atoms with E-state index in [9.17, 15) is 18.5 Å². The van der Waals surface area contributed by atoms with Crippen molar-refractivity contribution in [2.24, 2.45) is 0 Å². The van der Waals surface area contributed by atoms with Gasteiger partial charge in [0.1, 0.15) is 10.8 Å². The molecule has 28 heavy (non-hydrogen) atoms. The third-order valence-electron chi connectivity index (χ3n) is 3.83. The minimum absolute atomic E-state index is 0.0475. The predicted octanol–water partition coefficient (Wildman–Crippen LogP) is 3.37. The second-order valence-electron chi connectivity index (χ2n) is 5.59. The van der Waals surface area contributed by atoms with Gasteiger partial charge in [0.15, 0.2) is 0 Å². The van der Waals surface area contributed by atoms with Crippen LogP contribution in [0, 0.1) is 11.3 Å². The second-order valence-corrected chi connectivity index (χ2v) is 8.87. The van der Waals surface area contributed by atoms with Gasteiger partial charge in [-0.25, -0.2) is 13.2 Å². The third kappa shape index (κ3) is 3.88. The Morgan fingerprint density at radius 1 is 1.25 bits per heavy atom. The molecule has 0 unspecified atom stereocenters. The SMILES string of the molecule is CNC(=O)OCc1cc(-c2ccccc2C#N)c(S(=O)(=O)c2cccnc2)s1. The Balaban J connectivity index is 2.16. The first-order valence-corrected chi connectivity index (χ1v) is 10.4. The molecule has 1 amide bonds. The number of hydrogen-bond donors (Lipinski definition) is 1. The van der Waals surface area contributed by atoms with Gasteiger partial charge in [0.25, 0.3) is 0 Å². The second kappa shape index (κ2) is 8.21. The Kier molecular flexibility index (Phi) is 5.73. The fraction of sp³-hybridized carbons (Fsp3) is 0.105. The molecule has 142 valence electrons. The fourth-order valence-electron chi connectivity index (χ4n) is 2.52. The number of sulfone groups is 1. The van der Waals surface area contributed by atoms with Crippen LogP contribution in [0.25, 0.3) is 11.1 Å². The molecule has 0 fully saturated rings. The van der Waals surface area contributed by atoms with E-state index in [2.05, 4.69) is 16.4 Å². The molecule has 0 saturated heterocycles. The van der Waals surface area contributed by atoms with E-state index in [-0.39, 0.29) is 15.7 Å². The van der Waals surface area contributed by atoms with Crippen LogP contribution in [0.3, 0.4) is 0 Å². The van der Waals surface area contributed by atoms with Crippen LogP contribution < -0.4 is 5.32 Å². The fourth-order valence-corrected chi connectivity index (χ4v) is 5.51. The van der Waals surface area contributed by atoms with Crippen molar-refractivity contribution in [2.75, 3.05) is 7.05 Å². The summed E-state index contributed by atoms with van der Waals surface area (Å²) in [5.74, 6) is 0. The molecule has 0 aliphatic heterocycles. The molecule has 0 saturated carbocycles.